The number of nitrogens with zero attached hydrogens (tertiary/aromatic N) is 1. The van der Waals surface area contributed by atoms with Crippen LogP contribution in [0.4, 0.5) is 5.69 Å². The second-order valence-electron chi connectivity index (χ2n) is 4.49. The maximum absolute atomic E-state index is 12.0. The Morgan fingerprint density at radius 3 is 2.44 bits per heavy atom. The lowest BCUT2D eigenvalue weighted by atomic mass is 9.93. The van der Waals surface area contributed by atoms with Crippen LogP contribution in [-0.4, -0.2) is 22.2 Å². The minimum atomic E-state index is -0.452. The summed E-state index contributed by atoms with van der Waals surface area (Å²) < 4.78 is 0. The molecule has 1 aliphatic rings. The van der Waals surface area contributed by atoms with Crippen LogP contribution in [0.15, 0.2) is 24.3 Å². The highest BCUT2D eigenvalue weighted by Crippen LogP contribution is 2.26. The van der Waals surface area contributed by atoms with Gasteiger partial charge in [0.2, 0.25) is 0 Å². The van der Waals surface area contributed by atoms with E-state index < -0.39 is 4.92 Å². The molecule has 0 bridgehead atoms. The van der Waals surface area contributed by atoms with Crippen molar-refractivity contribution in [3.8, 4) is 0 Å². The number of benzene rings is 1. The highest BCUT2D eigenvalue weighted by atomic mass is 32.2. The van der Waals surface area contributed by atoms with Gasteiger partial charge in [-0.1, -0.05) is 0 Å². The fraction of sp³-hybridized carbons (Fsp3) is 0.462. The molecule has 2 rings (SSSR count). The Morgan fingerprint density at radius 1 is 1.28 bits per heavy atom. The number of Topliss-reactive ketones (excluding diaryl/α,β-unsaturated/α-hetero) is 1. The van der Waals surface area contributed by atoms with Gasteiger partial charge in [0.05, 0.1) is 4.92 Å². The van der Waals surface area contributed by atoms with Crippen molar-refractivity contribution in [2.24, 2.45) is 5.92 Å². The van der Waals surface area contributed by atoms with Gasteiger partial charge in [0.15, 0.2) is 5.78 Å². The van der Waals surface area contributed by atoms with Crippen molar-refractivity contribution in [2.75, 3.05) is 11.5 Å². The monoisotopic (exact) mass is 265 g/mol. The maximum atomic E-state index is 12.0. The number of hydrogen-bond donors (Lipinski definition) is 0. The molecule has 18 heavy (non-hydrogen) atoms. The van der Waals surface area contributed by atoms with Gasteiger partial charge in [-0.25, -0.2) is 0 Å². The van der Waals surface area contributed by atoms with E-state index in [-0.39, 0.29) is 11.5 Å². The summed E-state index contributed by atoms with van der Waals surface area (Å²) >= 11 is 1.94. The molecule has 0 N–H and O–H groups in total. The lowest BCUT2D eigenvalue weighted by molar-refractivity contribution is -0.384. The number of rotatable bonds is 4. The number of non-ortho nitro benzene ring substituents is 1. The topological polar surface area (TPSA) is 60.2 Å². The molecule has 0 aromatic heterocycles. The third-order valence-corrected chi connectivity index (χ3v) is 4.26. The first-order valence-electron chi connectivity index (χ1n) is 6.02. The predicted octanol–water partition coefficient (Wildman–Crippen LogP) is 3.31. The second kappa shape index (κ2) is 6.00. The third-order valence-electron chi connectivity index (χ3n) is 3.22. The maximum Gasteiger partial charge on any atom is 0.269 e. The van der Waals surface area contributed by atoms with E-state index in [1.165, 1.54) is 12.1 Å². The zero-order valence-electron chi connectivity index (χ0n) is 10.0. The van der Waals surface area contributed by atoms with Gasteiger partial charge in [0.25, 0.3) is 5.69 Å². The fourth-order valence-electron chi connectivity index (χ4n) is 2.10. The highest BCUT2D eigenvalue weighted by molar-refractivity contribution is 7.99. The molecule has 0 aliphatic carbocycles. The summed E-state index contributed by atoms with van der Waals surface area (Å²) in [7, 11) is 0. The molecule has 0 atom stereocenters. The molecular weight excluding hydrogens is 250 g/mol. The number of thioether (sulfide) groups is 1. The van der Waals surface area contributed by atoms with Gasteiger partial charge >= 0.3 is 0 Å². The quantitative estimate of drug-likeness (QED) is 0.476. The highest BCUT2D eigenvalue weighted by Gasteiger charge is 2.18. The van der Waals surface area contributed by atoms with Crippen molar-refractivity contribution in [1.29, 1.82) is 0 Å². The van der Waals surface area contributed by atoms with E-state index in [1.54, 1.807) is 12.1 Å². The van der Waals surface area contributed by atoms with E-state index in [0.717, 1.165) is 24.3 Å². The second-order valence-corrected chi connectivity index (χ2v) is 5.71. The van der Waals surface area contributed by atoms with Gasteiger partial charge in [-0.15, -0.1) is 0 Å². The summed E-state index contributed by atoms with van der Waals surface area (Å²) in [6.45, 7) is 0. The van der Waals surface area contributed by atoms with Gasteiger partial charge in [-0.05, 0) is 42.4 Å². The molecule has 1 saturated heterocycles. The molecule has 0 unspecified atom stereocenters. The Balaban J connectivity index is 1.97. The predicted molar refractivity (Wildman–Crippen MR) is 72.1 cm³/mol. The molecule has 4 nitrogen and oxygen atoms in total. The van der Waals surface area contributed by atoms with Crippen molar-refractivity contribution in [3.05, 3.63) is 39.9 Å². The number of nitro groups is 1. The number of hydrogen-bond acceptors (Lipinski definition) is 4. The summed E-state index contributed by atoms with van der Waals surface area (Å²) in [4.78, 5) is 22.1. The van der Waals surface area contributed by atoms with Gasteiger partial charge in [-0.2, -0.15) is 11.8 Å². The molecule has 5 heteroatoms. The van der Waals surface area contributed by atoms with Gasteiger partial charge < -0.3 is 0 Å². The van der Waals surface area contributed by atoms with Gasteiger partial charge in [0, 0.05) is 24.1 Å². The van der Waals surface area contributed by atoms with Crippen LogP contribution in [0.5, 0.6) is 0 Å². The van der Waals surface area contributed by atoms with E-state index in [4.69, 9.17) is 0 Å². The number of carbonyl (C=O) groups excluding carboxylic acids is 1. The lowest BCUT2D eigenvalue weighted by Crippen LogP contribution is -2.14. The van der Waals surface area contributed by atoms with Crippen molar-refractivity contribution in [1.82, 2.24) is 0 Å². The van der Waals surface area contributed by atoms with Crippen LogP contribution >= 0.6 is 11.8 Å². The van der Waals surface area contributed by atoms with Crippen molar-refractivity contribution >= 4 is 23.2 Å². The number of ketones is 1. The van der Waals surface area contributed by atoms with Crippen LogP contribution in [0.1, 0.15) is 29.6 Å². The minimum Gasteiger partial charge on any atom is -0.294 e. The average Bonchev–Trinajstić information content (AvgIpc) is 2.40. The van der Waals surface area contributed by atoms with Crippen LogP contribution in [0.2, 0.25) is 0 Å². The lowest BCUT2D eigenvalue weighted by Gasteiger charge is -2.20. The molecule has 96 valence electrons. The van der Waals surface area contributed by atoms with Crippen molar-refractivity contribution < 1.29 is 9.72 Å². The van der Waals surface area contributed by atoms with Crippen LogP contribution in [0, 0.1) is 16.0 Å². The molecule has 1 heterocycles. The summed E-state index contributed by atoms with van der Waals surface area (Å²) in [5, 5.41) is 10.5. The van der Waals surface area contributed by atoms with Crippen molar-refractivity contribution in [3.63, 3.8) is 0 Å². The summed E-state index contributed by atoms with van der Waals surface area (Å²) in [6, 6.07) is 5.89. The third kappa shape index (κ3) is 3.32. The first kappa shape index (κ1) is 13.1. The summed E-state index contributed by atoms with van der Waals surface area (Å²) in [5.74, 6) is 2.85. The molecule has 0 saturated carbocycles. The Bertz CT molecular complexity index is 438. The Hall–Kier alpha value is -1.36. The molecule has 1 aromatic carbocycles. The zero-order valence-corrected chi connectivity index (χ0v) is 10.8. The van der Waals surface area contributed by atoms with E-state index in [9.17, 15) is 14.9 Å². The largest absolute Gasteiger partial charge is 0.294 e. The normalized spacial score (nSPS) is 16.4. The molecule has 1 aromatic rings. The van der Waals surface area contributed by atoms with Gasteiger partial charge in [0.1, 0.15) is 0 Å². The molecule has 0 radical (unpaired) electrons. The van der Waals surface area contributed by atoms with E-state index in [2.05, 4.69) is 0 Å². The molecular formula is C13H15NO3S. The van der Waals surface area contributed by atoms with Crippen molar-refractivity contribution in [2.45, 2.75) is 19.3 Å². The van der Waals surface area contributed by atoms with E-state index in [1.807, 2.05) is 11.8 Å². The Morgan fingerprint density at radius 2 is 1.89 bits per heavy atom. The van der Waals surface area contributed by atoms with Crippen LogP contribution in [-0.2, 0) is 0 Å². The van der Waals surface area contributed by atoms with Crippen LogP contribution in [0.3, 0.4) is 0 Å². The number of nitro benzene ring substituents is 1. The number of carbonyl (C=O) groups is 1. The Labute approximate surface area is 110 Å². The molecule has 0 amide bonds. The standard InChI is InChI=1S/C13H15NO3S/c15-13(9-10-5-7-18-8-6-10)11-1-3-12(4-2-11)14(16)17/h1-4,10H,5-9H2. The fourth-order valence-corrected chi connectivity index (χ4v) is 3.30. The average molecular weight is 265 g/mol. The van der Waals surface area contributed by atoms with Gasteiger partial charge in [-0.3, -0.25) is 14.9 Å². The first-order valence-corrected chi connectivity index (χ1v) is 7.17. The first-order chi connectivity index (χ1) is 8.66. The van der Waals surface area contributed by atoms with Crippen LogP contribution < -0.4 is 0 Å². The Kier molecular flexibility index (Phi) is 4.36. The molecule has 1 aliphatic heterocycles. The van der Waals surface area contributed by atoms with Crippen LogP contribution in [0.25, 0.3) is 0 Å². The van der Waals surface area contributed by atoms with E-state index >= 15 is 0 Å². The summed E-state index contributed by atoms with van der Waals surface area (Å²) in [5.41, 5.74) is 0.611. The molecule has 1 fully saturated rings. The van der Waals surface area contributed by atoms with E-state index in [0.29, 0.717) is 17.9 Å². The molecule has 0 spiro atoms. The SMILES string of the molecule is O=C(CC1CCSCC1)c1ccc([N+](=O)[O-])cc1. The zero-order chi connectivity index (χ0) is 13.0. The minimum absolute atomic E-state index is 0.0283. The smallest absolute Gasteiger partial charge is 0.269 e. The summed E-state index contributed by atoms with van der Waals surface area (Å²) in [6.07, 6.45) is 2.77.